The van der Waals surface area contributed by atoms with Crippen molar-refractivity contribution in [3.05, 3.63) is 27.1 Å². The summed E-state index contributed by atoms with van der Waals surface area (Å²) in [6.45, 7) is 1.69. The van der Waals surface area contributed by atoms with Gasteiger partial charge in [0.15, 0.2) is 0 Å². The number of fused-ring (bicyclic) bond motifs is 1. The third kappa shape index (κ3) is 2.64. The van der Waals surface area contributed by atoms with E-state index in [0.717, 1.165) is 23.9 Å². The van der Waals surface area contributed by atoms with Gasteiger partial charge < -0.3 is 20.6 Å². The van der Waals surface area contributed by atoms with Crippen LogP contribution in [0.25, 0.3) is 11.0 Å². The maximum Gasteiger partial charge on any atom is 0.323 e. The largest absolute Gasteiger partial charge is 0.325 e. The van der Waals surface area contributed by atoms with E-state index >= 15 is 0 Å². The molecule has 0 radical (unpaired) electrons. The molecule has 1 aromatic heterocycles. The van der Waals surface area contributed by atoms with E-state index in [4.69, 9.17) is 0 Å². The summed E-state index contributed by atoms with van der Waals surface area (Å²) in [6.07, 6.45) is 1.92. The molecule has 0 aliphatic carbocycles. The number of piperidine rings is 1. The van der Waals surface area contributed by atoms with E-state index in [0.29, 0.717) is 23.3 Å². The zero-order valence-electron chi connectivity index (χ0n) is 10.8. The van der Waals surface area contributed by atoms with E-state index in [1.54, 1.807) is 12.1 Å². The maximum absolute atomic E-state index is 12.2. The van der Waals surface area contributed by atoms with Gasteiger partial charge in [0.1, 0.15) is 0 Å². The van der Waals surface area contributed by atoms with E-state index in [-0.39, 0.29) is 17.5 Å². The molecule has 7 heteroatoms. The van der Waals surface area contributed by atoms with Gasteiger partial charge in [0, 0.05) is 11.0 Å². The van der Waals surface area contributed by atoms with Crippen molar-refractivity contribution in [3.63, 3.8) is 0 Å². The lowest BCUT2D eigenvalue weighted by Gasteiger charge is -2.22. The third-order valence-electron chi connectivity index (χ3n) is 3.53. The van der Waals surface area contributed by atoms with E-state index in [9.17, 15) is 9.59 Å². The Bertz CT molecular complexity index is 700. The Hall–Kier alpha value is -1.60. The third-order valence-corrected chi connectivity index (χ3v) is 4.19. The van der Waals surface area contributed by atoms with Gasteiger partial charge in [-0.3, -0.25) is 4.79 Å². The normalized spacial score (nSPS) is 19.1. The molecular formula is C13H15BrN4O2. The van der Waals surface area contributed by atoms with Crippen molar-refractivity contribution in [2.75, 3.05) is 18.4 Å². The molecular weight excluding hydrogens is 324 g/mol. The first-order valence-corrected chi connectivity index (χ1v) is 7.36. The van der Waals surface area contributed by atoms with Crippen LogP contribution < -0.4 is 16.3 Å². The van der Waals surface area contributed by atoms with Crippen molar-refractivity contribution in [1.29, 1.82) is 0 Å². The van der Waals surface area contributed by atoms with Crippen LogP contribution in [0, 0.1) is 5.92 Å². The van der Waals surface area contributed by atoms with Gasteiger partial charge in [-0.15, -0.1) is 0 Å². The second-order valence-electron chi connectivity index (χ2n) is 4.99. The number of anilines is 1. The molecule has 4 N–H and O–H groups in total. The summed E-state index contributed by atoms with van der Waals surface area (Å²) in [4.78, 5) is 28.8. The molecule has 1 amide bonds. The average Bonchev–Trinajstić information content (AvgIpc) is 2.79. The predicted molar refractivity (Wildman–Crippen MR) is 80.8 cm³/mol. The van der Waals surface area contributed by atoms with Crippen LogP contribution in [0.15, 0.2) is 21.4 Å². The Labute approximate surface area is 123 Å². The standard InChI is InChI=1S/C13H15BrN4O2/c14-8-4-10-11(18-13(20)17-10)5-9(8)16-12(19)7-2-1-3-15-6-7/h4-5,7,15H,1-3,6H2,(H,16,19)(H2,17,18,20). The average molecular weight is 339 g/mol. The molecule has 0 saturated carbocycles. The first kappa shape index (κ1) is 13.4. The van der Waals surface area contributed by atoms with Crippen LogP contribution in [0.5, 0.6) is 0 Å². The summed E-state index contributed by atoms with van der Waals surface area (Å²) in [5, 5.41) is 6.14. The number of rotatable bonds is 2. The van der Waals surface area contributed by atoms with Crippen molar-refractivity contribution in [2.24, 2.45) is 5.92 Å². The molecule has 1 aliphatic heterocycles. The number of carbonyl (C=O) groups is 1. The summed E-state index contributed by atoms with van der Waals surface area (Å²) in [6, 6.07) is 3.54. The van der Waals surface area contributed by atoms with E-state index < -0.39 is 0 Å². The molecule has 1 unspecified atom stereocenters. The highest BCUT2D eigenvalue weighted by Gasteiger charge is 2.21. The SMILES string of the molecule is O=C(Nc1cc2[nH]c(=O)[nH]c2cc1Br)C1CCCNC1. The number of hydrogen-bond donors (Lipinski definition) is 4. The zero-order valence-corrected chi connectivity index (χ0v) is 12.3. The van der Waals surface area contributed by atoms with Crippen LogP contribution in [0.4, 0.5) is 5.69 Å². The Morgan fingerprint density at radius 1 is 1.30 bits per heavy atom. The van der Waals surface area contributed by atoms with Crippen LogP contribution in [0.1, 0.15) is 12.8 Å². The topological polar surface area (TPSA) is 89.8 Å². The minimum absolute atomic E-state index is 0.00313. The molecule has 1 atom stereocenters. The number of hydrogen-bond acceptors (Lipinski definition) is 3. The number of amides is 1. The molecule has 1 aliphatic rings. The number of benzene rings is 1. The van der Waals surface area contributed by atoms with E-state index in [1.165, 1.54) is 0 Å². The zero-order chi connectivity index (χ0) is 14.1. The Morgan fingerprint density at radius 2 is 2.05 bits per heavy atom. The Balaban J connectivity index is 1.84. The summed E-state index contributed by atoms with van der Waals surface area (Å²) in [5.74, 6) is 0.00625. The highest BCUT2D eigenvalue weighted by atomic mass is 79.9. The number of H-pyrrole nitrogens is 2. The molecule has 2 aromatic rings. The fourth-order valence-corrected chi connectivity index (χ4v) is 2.90. The van der Waals surface area contributed by atoms with Crippen molar-refractivity contribution in [2.45, 2.75) is 12.8 Å². The van der Waals surface area contributed by atoms with Crippen LogP contribution in [-0.2, 0) is 4.79 Å². The molecule has 0 bridgehead atoms. The van der Waals surface area contributed by atoms with Gasteiger partial charge in [0.05, 0.1) is 22.6 Å². The summed E-state index contributed by atoms with van der Waals surface area (Å²) in [7, 11) is 0. The highest BCUT2D eigenvalue weighted by molar-refractivity contribution is 9.10. The number of aromatic amines is 2. The summed E-state index contributed by atoms with van der Waals surface area (Å²) < 4.78 is 0.748. The predicted octanol–water partition coefficient (Wildman–Crippen LogP) is 1.56. The van der Waals surface area contributed by atoms with Crippen molar-refractivity contribution >= 4 is 38.6 Å². The van der Waals surface area contributed by atoms with Crippen molar-refractivity contribution in [1.82, 2.24) is 15.3 Å². The van der Waals surface area contributed by atoms with Gasteiger partial charge in [-0.2, -0.15) is 0 Å². The molecule has 1 saturated heterocycles. The fourth-order valence-electron chi connectivity index (χ4n) is 2.46. The lowest BCUT2D eigenvalue weighted by atomic mass is 9.99. The van der Waals surface area contributed by atoms with E-state index in [1.807, 2.05) is 0 Å². The number of imidazole rings is 1. The van der Waals surface area contributed by atoms with Crippen molar-refractivity contribution in [3.8, 4) is 0 Å². The van der Waals surface area contributed by atoms with Gasteiger partial charge in [-0.1, -0.05) is 0 Å². The number of carbonyl (C=O) groups excluding carboxylic acids is 1. The second kappa shape index (κ2) is 5.41. The fraction of sp³-hybridized carbons (Fsp3) is 0.385. The summed E-state index contributed by atoms with van der Waals surface area (Å²) in [5.41, 5.74) is 1.80. The van der Waals surface area contributed by atoms with Gasteiger partial charge in [0.2, 0.25) is 5.91 Å². The highest BCUT2D eigenvalue weighted by Crippen LogP contribution is 2.27. The number of aromatic nitrogens is 2. The summed E-state index contributed by atoms with van der Waals surface area (Å²) >= 11 is 3.41. The van der Waals surface area contributed by atoms with Crippen LogP contribution in [-0.4, -0.2) is 29.0 Å². The number of halogens is 1. The molecule has 1 fully saturated rings. The molecule has 20 heavy (non-hydrogen) atoms. The first-order valence-electron chi connectivity index (χ1n) is 6.56. The van der Waals surface area contributed by atoms with Gasteiger partial charge in [0.25, 0.3) is 0 Å². The molecule has 106 valence electrons. The lowest BCUT2D eigenvalue weighted by molar-refractivity contribution is -0.120. The Morgan fingerprint density at radius 3 is 2.75 bits per heavy atom. The monoisotopic (exact) mass is 338 g/mol. The second-order valence-corrected chi connectivity index (χ2v) is 5.84. The molecule has 6 nitrogen and oxygen atoms in total. The lowest BCUT2D eigenvalue weighted by Crippen LogP contribution is -2.37. The minimum Gasteiger partial charge on any atom is -0.325 e. The smallest absolute Gasteiger partial charge is 0.323 e. The molecule has 2 heterocycles. The van der Waals surface area contributed by atoms with Crippen molar-refractivity contribution < 1.29 is 4.79 Å². The van der Waals surface area contributed by atoms with Crippen LogP contribution >= 0.6 is 15.9 Å². The van der Waals surface area contributed by atoms with Gasteiger partial charge >= 0.3 is 5.69 Å². The van der Waals surface area contributed by atoms with E-state index in [2.05, 4.69) is 36.5 Å². The van der Waals surface area contributed by atoms with Crippen LogP contribution in [0.3, 0.4) is 0 Å². The quantitative estimate of drug-likeness (QED) is 0.669. The minimum atomic E-state index is -0.258. The molecule has 3 rings (SSSR count). The van der Waals surface area contributed by atoms with Gasteiger partial charge in [-0.05, 0) is 47.4 Å². The first-order chi connectivity index (χ1) is 9.63. The van der Waals surface area contributed by atoms with Crippen LogP contribution in [0.2, 0.25) is 0 Å². The maximum atomic E-state index is 12.2. The van der Waals surface area contributed by atoms with Gasteiger partial charge in [-0.25, -0.2) is 4.79 Å². The Kier molecular flexibility index (Phi) is 3.62. The molecule has 1 aromatic carbocycles. The number of nitrogens with one attached hydrogen (secondary N) is 4. The molecule has 0 spiro atoms.